The van der Waals surface area contributed by atoms with Crippen LogP contribution < -0.4 is 11.3 Å². The largest absolute Gasteiger partial charge is 0.384 e. The first kappa shape index (κ1) is 13.4. The Morgan fingerprint density at radius 2 is 2.26 bits per heavy atom. The quantitative estimate of drug-likeness (QED) is 0.342. The minimum absolute atomic E-state index is 0.0499. The lowest BCUT2D eigenvalue weighted by Crippen LogP contribution is -2.11. The molecule has 0 amide bonds. The number of hydrogen-bond donors (Lipinski definition) is 3. The first-order valence-corrected chi connectivity index (χ1v) is 6.67. The van der Waals surface area contributed by atoms with Crippen LogP contribution in [0.25, 0.3) is 0 Å². The van der Waals surface area contributed by atoms with Crippen LogP contribution in [-0.2, 0) is 5.75 Å². The zero-order chi connectivity index (χ0) is 13.8. The number of rotatable bonds is 4. The molecule has 0 radical (unpaired) electrons. The van der Waals surface area contributed by atoms with Crippen molar-refractivity contribution in [1.82, 2.24) is 9.97 Å². The van der Waals surface area contributed by atoms with Crippen molar-refractivity contribution in [3.05, 3.63) is 57.5 Å². The van der Waals surface area contributed by atoms with Crippen LogP contribution in [0.4, 0.5) is 0 Å². The SMILES string of the molecule is Cc1cc(=O)[nH]c(SCc2cccc(C(=N)N)c2)n1. The molecule has 0 atom stereocenters. The van der Waals surface area contributed by atoms with Gasteiger partial charge in [-0.15, -0.1) is 0 Å². The highest BCUT2D eigenvalue weighted by molar-refractivity contribution is 7.98. The van der Waals surface area contributed by atoms with Gasteiger partial charge in [-0.05, 0) is 18.6 Å². The van der Waals surface area contributed by atoms with Crippen molar-refractivity contribution in [3.63, 3.8) is 0 Å². The lowest BCUT2D eigenvalue weighted by molar-refractivity contribution is 0.905. The van der Waals surface area contributed by atoms with Gasteiger partial charge in [0.15, 0.2) is 5.16 Å². The number of aromatic amines is 1. The second-order valence-electron chi connectivity index (χ2n) is 4.09. The van der Waals surface area contributed by atoms with Crippen molar-refractivity contribution in [3.8, 4) is 0 Å². The number of nitrogens with one attached hydrogen (secondary N) is 2. The summed E-state index contributed by atoms with van der Waals surface area (Å²) in [5, 5.41) is 7.99. The van der Waals surface area contributed by atoms with E-state index < -0.39 is 0 Å². The average Bonchev–Trinajstić information content (AvgIpc) is 2.35. The molecule has 4 N–H and O–H groups in total. The summed E-state index contributed by atoms with van der Waals surface area (Å²) in [5.74, 6) is 0.710. The summed E-state index contributed by atoms with van der Waals surface area (Å²) >= 11 is 1.44. The summed E-state index contributed by atoms with van der Waals surface area (Å²) in [6.45, 7) is 1.79. The average molecular weight is 274 g/mol. The molecule has 2 aromatic rings. The topological polar surface area (TPSA) is 95.6 Å². The number of H-pyrrole nitrogens is 1. The van der Waals surface area contributed by atoms with Gasteiger partial charge in [0.05, 0.1) is 0 Å². The summed E-state index contributed by atoms with van der Waals surface area (Å²) in [5.41, 5.74) is 7.73. The number of nitrogen functional groups attached to an aromatic ring is 1. The highest BCUT2D eigenvalue weighted by atomic mass is 32.2. The minimum Gasteiger partial charge on any atom is -0.384 e. The summed E-state index contributed by atoms with van der Waals surface area (Å²) < 4.78 is 0. The highest BCUT2D eigenvalue weighted by Gasteiger charge is 2.02. The van der Waals surface area contributed by atoms with Crippen molar-refractivity contribution in [1.29, 1.82) is 5.41 Å². The summed E-state index contributed by atoms with van der Waals surface area (Å²) in [4.78, 5) is 18.2. The molecular weight excluding hydrogens is 260 g/mol. The van der Waals surface area contributed by atoms with Gasteiger partial charge in [0.25, 0.3) is 5.56 Å². The highest BCUT2D eigenvalue weighted by Crippen LogP contribution is 2.18. The number of thioether (sulfide) groups is 1. The Morgan fingerprint density at radius 1 is 1.47 bits per heavy atom. The number of nitrogens with zero attached hydrogens (tertiary/aromatic N) is 1. The van der Waals surface area contributed by atoms with Gasteiger partial charge in [-0.2, -0.15) is 0 Å². The smallest absolute Gasteiger partial charge is 0.251 e. The van der Waals surface area contributed by atoms with E-state index in [0.29, 0.717) is 22.2 Å². The summed E-state index contributed by atoms with van der Waals surface area (Å²) in [6.07, 6.45) is 0. The van der Waals surface area contributed by atoms with Gasteiger partial charge in [-0.1, -0.05) is 30.0 Å². The standard InChI is InChI=1S/C13H14N4OS/c1-8-5-11(18)17-13(16-8)19-7-9-3-2-4-10(6-9)12(14)15/h2-6H,7H2,1H3,(H3,14,15)(H,16,17,18). The Kier molecular flexibility index (Phi) is 4.01. The molecule has 0 spiro atoms. The normalized spacial score (nSPS) is 10.4. The molecule has 0 fully saturated rings. The molecular formula is C13H14N4OS. The van der Waals surface area contributed by atoms with Crippen LogP contribution in [0.1, 0.15) is 16.8 Å². The lowest BCUT2D eigenvalue weighted by atomic mass is 10.1. The molecule has 0 saturated carbocycles. The van der Waals surface area contributed by atoms with E-state index in [9.17, 15) is 4.79 Å². The molecule has 0 bridgehead atoms. The van der Waals surface area contributed by atoms with Gasteiger partial charge in [0, 0.05) is 23.1 Å². The van der Waals surface area contributed by atoms with Crippen LogP contribution in [0, 0.1) is 12.3 Å². The molecule has 19 heavy (non-hydrogen) atoms. The van der Waals surface area contributed by atoms with Crippen molar-refractivity contribution < 1.29 is 0 Å². The van der Waals surface area contributed by atoms with Gasteiger partial charge in [0.1, 0.15) is 5.84 Å². The van der Waals surface area contributed by atoms with E-state index in [4.69, 9.17) is 11.1 Å². The molecule has 1 aromatic carbocycles. The van der Waals surface area contributed by atoms with Crippen molar-refractivity contribution in [2.45, 2.75) is 17.8 Å². The number of aryl methyl sites for hydroxylation is 1. The zero-order valence-electron chi connectivity index (χ0n) is 10.4. The van der Waals surface area contributed by atoms with E-state index in [1.54, 1.807) is 13.0 Å². The maximum atomic E-state index is 11.3. The molecule has 0 aliphatic heterocycles. The molecule has 0 aliphatic rings. The first-order chi connectivity index (χ1) is 9.04. The Morgan fingerprint density at radius 3 is 2.95 bits per heavy atom. The third-order valence-electron chi connectivity index (χ3n) is 2.46. The van der Waals surface area contributed by atoms with E-state index in [0.717, 1.165) is 5.56 Å². The van der Waals surface area contributed by atoms with Gasteiger partial charge >= 0.3 is 0 Å². The Bertz CT molecular complexity index is 666. The predicted octanol–water partition coefficient (Wildman–Crippen LogP) is 1.65. The number of benzene rings is 1. The number of aromatic nitrogens is 2. The van der Waals surface area contributed by atoms with Crippen LogP contribution in [0.2, 0.25) is 0 Å². The second-order valence-corrected chi connectivity index (χ2v) is 5.06. The zero-order valence-corrected chi connectivity index (χ0v) is 11.3. The third-order valence-corrected chi connectivity index (χ3v) is 3.41. The fourth-order valence-corrected chi connectivity index (χ4v) is 2.46. The fraction of sp³-hybridized carbons (Fsp3) is 0.154. The Labute approximate surface area is 114 Å². The van der Waals surface area contributed by atoms with E-state index in [-0.39, 0.29) is 11.4 Å². The van der Waals surface area contributed by atoms with Crippen molar-refractivity contribution in [2.24, 2.45) is 5.73 Å². The van der Waals surface area contributed by atoms with Crippen LogP contribution in [0.5, 0.6) is 0 Å². The lowest BCUT2D eigenvalue weighted by Gasteiger charge is -2.04. The first-order valence-electron chi connectivity index (χ1n) is 5.69. The Balaban J connectivity index is 2.12. The number of nitrogens with two attached hydrogens (primary N) is 1. The molecule has 2 rings (SSSR count). The van der Waals surface area contributed by atoms with Crippen LogP contribution in [-0.4, -0.2) is 15.8 Å². The maximum Gasteiger partial charge on any atom is 0.251 e. The van der Waals surface area contributed by atoms with Crippen LogP contribution in [0.3, 0.4) is 0 Å². The van der Waals surface area contributed by atoms with Crippen LogP contribution in [0.15, 0.2) is 40.3 Å². The molecule has 1 heterocycles. The predicted molar refractivity (Wildman–Crippen MR) is 76.6 cm³/mol. The monoisotopic (exact) mass is 274 g/mol. The van der Waals surface area contributed by atoms with E-state index in [2.05, 4.69) is 9.97 Å². The summed E-state index contributed by atoms with van der Waals surface area (Å²) in [6, 6.07) is 8.93. The summed E-state index contributed by atoms with van der Waals surface area (Å²) in [7, 11) is 0. The molecule has 0 saturated heterocycles. The van der Waals surface area contributed by atoms with Crippen molar-refractivity contribution >= 4 is 17.6 Å². The maximum absolute atomic E-state index is 11.3. The molecule has 0 unspecified atom stereocenters. The van der Waals surface area contributed by atoms with Gasteiger partial charge < -0.3 is 10.7 Å². The Hall–Kier alpha value is -2.08. The van der Waals surface area contributed by atoms with E-state index >= 15 is 0 Å². The molecule has 1 aromatic heterocycles. The molecule has 5 nitrogen and oxygen atoms in total. The minimum atomic E-state index is -0.146. The van der Waals surface area contributed by atoms with Gasteiger partial charge in [0.2, 0.25) is 0 Å². The second kappa shape index (κ2) is 5.71. The van der Waals surface area contributed by atoms with Crippen molar-refractivity contribution in [2.75, 3.05) is 0 Å². The number of amidine groups is 1. The number of hydrogen-bond acceptors (Lipinski definition) is 4. The molecule has 0 aliphatic carbocycles. The van der Waals surface area contributed by atoms with E-state index in [1.165, 1.54) is 17.8 Å². The van der Waals surface area contributed by atoms with Gasteiger partial charge in [-0.3, -0.25) is 10.2 Å². The fourth-order valence-electron chi connectivity index (χ4n) is 1.60. The van der Waals surface area contributed by atoms with E-state index in [1.807, 2.05) is 18.2 Å². The molecule has 98 valence electrons. The van der Waals surface area contributed by atoms with Gasteiger partial charge in [-0.25, -0.2) is 4.98 Å². The third kappa shape index (κ3) is 3.69. The molecule has 6 heteroatoms. The van der Waals surface area contributed by atoms with Crippen LogP contribution >= 0.6 is 11.8 Å².